The van der Waals surface area contributed by atoms with Crippen LogP contribution in [0.5, 0.6) is 5.75 Å². The minimum atomic E-state index is -0.769. The summed E-state index contributed by atoms with van der Waals surface area (Å²) in [5.41, 5.74) is 0.775. The zero-order valence-corrected chi connectivity index (χ0v) is 11.8. The van der Waals surface area contributed by atoms with Crippen molar-refractivity contribution in [1.82, 2.24) is 0 Å². The Morgan fingerprint density at radius 1 is 1.43 bits per heavy atom. The fourth-order valence-electron chi connectivity index (χ4n) is 2.06. The summed E-state index contributed by atoms with van der Waals surface area (Å²) in [6.07, 6.45) is 0.398. The van der Waals surface area contributed by atoms with E-state index in [9.17, 15) is 14.4 Å². The predicted molar refractivity (Wildman–Crippen MR) is 75.4 cm³/mol. The third kappa shape index (κ3) is 2.79. The van der Waals surface area contributed by atoms with Gasteiger partial charge in [0, 0.05) is 0 Å². The first-order chi connectivity index (χ1) is 9.97. The van der Waals surface area contributed by atoms with Gasteiger partial charge in [-0.05, 0) is 31.2 Å². The molecule has 1 aliphatic rings. The monoisotopic (exact) mass is 289 g/mol. The molecular formula is C15H15NO5. The molecule has 1 heterocycles. The summed E-state index contributed by atoms with van der Waals surface area (Å²) in [6, 6.07) is 4.57. The lowest BCUT2D eigenvalue weighted by Gasteiger charge is -2.33. The van der Waals surface area contributed by atoms with E-state index in [1.54, 1.807) is 6.07 Å². The second kappa shape index (κ2) is 5.78. The minimum Gasteiger partial charge on any atom is -0.479 e. The summed E-state index contributed by atoms with van der Waals surface area (Å²) in [5, 5.41) is 0. The molecule has 1 unspecified atom stereocenters. The number of hydrogen-bond donors (Lipinski definition) is 0. The van der Waals surface area contributed by atoms with Gasteiger partial charge in [0.05, 0.1) is 24.9 Å². The standard InChI is InChI=1S/C15H15NO5/c1-4-14(18)16-8-13(9(2)17)21-12-7-10(15(19)20-3)5-6-11(12)16/h4-7,13H,1,8H2,2-3H3. The number of ether oxygens (including phenoxy) is 2. The van der Waals surface area contributed by atoms with Gasteiger partial charge in [0.1, 0.15) is 5.75 Å². The van der Waals surface area contributed by atoms with Crippen LogP contribution in [-0.4, -0.2) is 37.4 Å². The van der Waals surface area contributed by atoms with Crippen molar-refractivity contribution in [1.29, 1.82) is 0 Å². The van der Waals surface area contributed by atoms with Crippen molar-refractivity contribution < 1.29 is 23.9 Å². The van der Waals surface area contributed by atoms with Crippen LogP contribution < -0.4 is 9.64 Å². The highest BCUT2D eigenvalue weighted by molar-refractivity contribution is 6.04. The average molecular weight is 289 g/mol. The van der Waals surface area contributed by atoms with Crippen molar-refractivity contribution in [3.05, 3.63) is 36.4 Å². The number of rotatable bonds is 3. The number of carbonyl (C=O) groups excluding carboxylic acids is 3. The van der Waals surface area contributed by atoms with Gasteiger partial charge in [-0.3, -0.25) is 9.59 Å². The lowest BCUT2D eigenvalue weighted by molar-refractivity contribution is -0.124. The third-order valence-electron chi connectivity index (χ3n) is 3.18. The number of nitrogens with zero attached hydrogens (tertiary/aromatic N) is 1. The number of amides is 1. The van der Waals surface area contributed by atoms with Crippen LogP contribution in [0.4, 0.5) is 5.69 Å². The molecule has 1 aliphatic heterocycles. The molecule has 0 saturated heterocycles. The molecule has 0 saturated carbocycles. The molecule has 0 bridgehead atoms. The van der Waals surface area contributed by atoms with E-state index < -0.39 is 12.1 Å². The van der Waals surface area contributed by atoms with Crippen molar-refractivity contribution in [2.75, 3.05) is 18.6 Å². The van der Waals surface area contributed by atoms with E-state index in [-0.39, 0.29) is 23.8 Å². The maximum Gasteiger partial charge on any atom is 0.337 e. The van der Waals surface area contributed by atoms with Crippen molar-refractivity contribution in [3.63, 3.8) is 0 Å². The lowest BCUT2D eigenvalue weighted by atomic mass is 10.1. The molecule has 0 radical (unpaired) electrons. The van der Waals surface area contributed by atoms with Gasteiger partial charge in [0.15, 0.2) is 11.9 Å². The number of esters is 1. The Morgan fingerprint density at radius 2 is 2.14 bits per heavy atom. The summed E-state index contributed by atoms with van der Waals surface area (Å²) >= 11 is 0. The van der Waals surface area contributed by atoms with Gasteiger partial charge in [-0.15, -0.1) is 0 Å². The molecular weight excluding hydrogens is 274 g/mol. The highest BCUT2D eigenvalue weighted by Crippen LogP contribution is 2.35. The average Bonchev–Trinajstić information content (AvgIpc) is 2.51. The van der Waals surface area contributed by atoms with Crippen molar-refractivity contribution in [2.45, 2.75) is 13.0 Å². The topological polar surface area (TPSA) is 72.9 Å². The molecule has 0 fully saturated rings. The number of Topliss-reactive ketones (excluding diaryl/α,β-unsaturated/α-hetero) is 1. The molecule has 21 heavy (non-hydrogen) atoms. The molecule has 1 atom stereocenters. The first-order valence-corrected chi connectivity index (χ1v) is 6.31. The second-order valence-corrected chi connectivity index (χ2v) is 4.54. The van der Waals surface area contributed by atoms with Gasteiger partial charge >= 0.3 is 5.97 Å². The number of benzene rings is 1. The summed E-state index contributed by atoms with van der Waals surface area (Å²) in [5.74, 6) is -0.768. The van der Waals surface area contributed by atoms with Gasteiger partial charge in [0.2, 0.25) is 0 Å². The van der Waals surface area contributed by atoms with Crippen LogP contribution in [0.2, 0.25) is 0 Å². The zero-order valence-electron chi connectivity index (χ0n) is 11.8. The molecule has 6 nitrogen and oxygen atoms in total. The molecule has 1 aromatic rings. The molecule has 0 aliphatic carbocycles. The van der Waals surface area contributed by atoms with E-state index in [0.29, 0.717) is 11.4 Å². The Kier molecular flexibility index (Phi) is 4.07. The van der Waals surface area contributed by atoms with Crippen molar-refractivity contribution >= 4 is 23.3 Å². The van der Waals surface area contributed by atoms with E-state index in [2.05, 4.69) is 11.3 Å². The first kappa shape index (κ1) is 14.8. The number of fused-ring (bicyclic) bond motifs is 1. The van der Waals surface area contributed by atoms with Crippen LogP contribution >= 0.6 is 0 Å². The molecule has 0 aromatic heterocycles. The zero-order chi connectivity index (χ0) is 15.6. The minimum absolute atomic E-state index is 0.116. The number of hydrogen-bond acceptors (Lipinski definition) is 5. The van der Waals surface area contributed by atoms with E-state index in [0.717, 1.165) is 0 Å². The maximum atomic E-state index is 11.9. The second-order valence-electron chi connectivity index (χ2n) is 4.54. The molecule has 0 N–H and O–H groups in total. The van der Waals surface area contributed by atoms with Gasteiger partial charge in [-0.1, -0.05) is 6.58 Å². The molecule has 110 valence electrons. The molecule has 1 aromatic carbocycles. The van der Waals surface area contributed by atoms with Gasteiger partial charge in [-0.2, -0.15) is 0 Å². The summed E-state index contributed by atoms with van der Waals surface area (Å²) in [6.45, 7) is 4.95. The predicted octanol–water partition coefficient (Wildman–Crippen LogP) is 1.34. The largest absolute Gasteiger partial charge is 0.479 e. The summed E-state index contributed by atoms with van der Waals surface area (Å²) in [7, 11) is 1.27. The molecule has 0 spiro atoms. The van der Waals surface area contributed by atoms with Gasteiger partial charge in [-0.25, -0.2) is 4.79 Å². The van der Waals surface area contributed by atoms with Crippen LogP contribution in [0, 0.1) is 0 Å². The molecule has 1 amide bonds. The maximum absolute atomic E-state index is 11.9. The van der Waals surface area contributed by atoms with E-state index >= 15 is 0 Å². The number of anilines is 1. The fourth-order valence-corrected chi connectivity index (χ4v) is 2.06. The van der Waals surface area contributed by atoms with E-state index in [1.165, 1.54) is 37.1 Å². The van der Waals surface area contributed by atoms with Gasteiger partial charge in [0.25, 0.3) is 5.91 Å². The Morgan fingerprint density at radius 3 is 2.71 bits per heavy atom. The highest BCUT2D eigenvalue weighted by Gasteiger charge is 2.31. The Labute approximate surface area is 121 Å². The normalized spacial score (nSPS) is 16.5. The fraction of sp³-hybridized carbons (Fsp3) is 0.267. The Balaban J connectivity index is 2.47. The number of methoxy groups -OCH3 is 1. The Hall–Kier alpha value is -2.63. The SMILES string of the molecule is C=CC(=O)N1CC(C(C)=O)Oc2cc(C(=O)OC)ccc21. The van der Waals surface area contributed by atoms with Crippen LogP contribution in [0.15, 0.2) is 30.9 Å². The number of carbonyl (C=O) groups is 3. The van der Waals surface area contributed by atoms with Crippen molar-refractivity contribution in [2.24, 2.45) is 0 Å². The van der Waals surface area contributed by atoms with Gasteiger partial charge < -0.3 is 14.4 Å². The molecule has 2 rings (SSSR count). The quantitative estimate of drug-likeness (QED) is 0.620. The third-order valence-corrected chi connectivity index (χ3v) is 3.18. The van der Waals surface area contributed by atoms with E-state index in [4.69, 9.17) is 4.74 Å². The summed E-state index contributed by atoms with van der Waals surface area (Å²) in [4.78, 5) is 36.4. The Bertz CT molecular complexity index is 622. The summed E-state index contributed by atoms with van der Waals surface area (Å²) < 4.78 is 10.2. The molecule has 6 heteroatoms. The van der Waals surface area contributed by atoms with E-state index in [1.807, 2.05) is 0 Å². The van der Waals surface area contributed by atoms with Crippen LogP contribution in [-0.2, 0) is 14.3 Å². The van der Waals surface area contributed by atoms with Crippen LogP contribution in [0.25, 0.3) is 0 Å². The number of ketones is 1. The smallest absolute Gasteiger partial charge is 0.337 e. The van der Waals surface area contributed by atoms with Crippen LogP contribution in [0.3, 0.4) is 0 Å². The highest BCUT2D eigenvalue weighted by atomic mass is 16.5. The lowest BCUT2D eigenvalue weighted by Crippen LogP contribution is -2.46. The first-order valence-electron chi connectivity index (χ1n) is 6.31. The van der Waals surface area contributed by atoms with Crippen LogP contribution in [0.1, 0.15) is 17.3 Å². The van der Waals surface area contributed by atoms with Crippen molar-refractivity contribution in [3.8, 4) is 5.75 Å².